The summed E-state index contributed by atoms with van der Waals surface area (Å²) in [6.07, 6.45) is 7.25. The van der Waals surface area contributed by atoms with Crippen LogP contribution in [0.2, 0.25) is 0 Å². The molecule has 2 fully saturated rings. The van der Waals surface area contributed by atoms with Crippen LogP contribution in [0.15, 0.2) is 72.4 Å². The quantitative estimate of drug-likeness (QED) is 0.598. The number of piperidine rings is 1. The van der Waals surface area contributed by atoms with Gasteiger partial charge in [0.05, 0.1) is 5.57 Å². The molecule has 0 unspecified atom stereocenters. The molecule has 2 saturated heterocycles. The maximum atomic E-state index is 12.9. The lowest BCUT2D eigenvalue weighted by molar-refractivity contribution is -0.156. The largest absolute Gasteiger partial charge is 0.446 e. The van der Waals surface area contributed by atoms with Crippen molar-refractivity contribution in [3.8, 4) is 0 Å². The molecule has 2 aliphatic heterocycles. The number of hydrogen-bond acceptors (Lipinski definition) is 3. The number of carbonyl (C=O) groups excluding carboxylic acids is 1. The topological polar surface area (TPSA) is 29.5 Å². The molecule has 0 saturated carbocycles. The zero-order valence-electron chi connectivity index (χ0n) is 15.1. The molecule has 2 aliphatic rings. The SMILES string of the molecule is O=C1OC(c2ccccc2)(c2ccccc2)CC/C1=C\N1CCCCC1. The lowest BCUT2D eigenvalue weighted by Crippen LogP contribution is -2.39. The molecule has 0 N–H and O–H groups in total. The lowest BCUT2D eigenvalue weighted by Gasteiger charge is -2.39. The summed E-state index contributed by atoms with van der Waals surface area (Å²) in [6, 6.07) is 20.2. The average molecular weight is 347 g/mol. The molecule has 2 heterocycles. The summed E-state index contributed by atoms with van der Waals surface area (Å²) >= 11 is 0. The summed E-state index contributed by atoms with van der Waals surface area (Å²) in [5, 5.41) is 0. The van der Waals surface area contributed by atoms with E-state index in [1.807, 2.05) is 42.6 Å². The Morgan fingerprint density at radius 1 is 0.846 bits per heavy atom. The van der Waals surface area contributed by atoms with E-state index in [1.54, 1.807) is 0 Å². The van der Waals surface area contributed by atoms with Crippen LogP contribution in [0.1, 0.15) is 43.2 Å². The van der Waals surface area contributed by atoms with Crippen molar-refractivity contribution >= 4 is 5.97 Å². The van der Waals surface area contributed by atoms with Gasteiger partial charge in [0.1, 0.15) is 0 Å². The number of rotatable bonds is 3. The smallest absolute Gasteiger partial charge is 0.336 e. The van der Waals surface area contributed by atoms with Gasteiger partial charge in [-0.15, -0.1) is 0 Å². The minimum absolute atomic E-state index is 0.186. The number of esters is 1. The van der Waals surface area contributed by atoms with Gasteiger partial charge in [-0.25, -0.2) is 4.79 Å². The molecular weight excluding hydrogens is 322 g/mol. The molecule has 2 aromatic rings. The lowest BCUT2D eigenvalue weighted by atomic mass is 9.79. The third kappa shape index (κ3) is 3.26. The molecule has 0 aliphatic carbocycles. The van der Waals surface area contributed by atoms with Gasteiger partial charge in [-0.1, -0.05) is 60.7 Å². The van der Waals surface area contributed by atoms with Crippen LogP contribution in [0.3, 0.4) is 0 Å². The molecule has 3 heteroatoms. The van der Waals surface area contributed by atoms with E-state index < -0.39 is 5.60 Å². The maximum Gasteiger partial charge on any atom is 0.336 e. The highest BCUT2D eigenvalue weighted by Gasteiger charge is 2.42. The van der Waals surface area contributed by atoms with E-state index in [4.69, 9.17) is 4.74 Å². The van der Waals surface area contributed by atoms with Crippen molar-refractivity contribution in [2.75, 3.05) is 13.1 Å². The first-order valence-corrected chi connectivity index (χ1v) is 9.57. The van der Waals surface area contributed by atoms with E-state index in [0.29, 0.717) is 0 Å². The van der Waals surface area contributed by atoms with Crippen LogP contribution in [-0.4, -0.2) is 24.0 Å². The fourth-order valence-corrected chi connectivity index (χ4v) is 4.06. The second-order valence-corrected chi connectivity index (χ2v) is 7.20. The Hall–Kier alpha value is -2.55. The highest BCUT2D eigenvalue weighted by Crippen LogP contribution is 2.43. The minimum atomic E-state index is -0.696. The highest BCUT2D eigenvalue weighted by molar-refractivity contribution is 5.90. The van der Waals surface area contributed by atoms with E-state index in [-0.39, 0.29) is 5.97 Å². The molecule has 0 radical (unpaired) electrons. The third-order valence-corrected chi connectivity index (χ3v) is 5.48. The Bertz CT molecular complexity index is 737. The van der Waals surface area contributed by atoms with Crippen LogP contribution in [-0.2, 0) is 15.1 Å². The predicted octanol–water partition coefficient (Wildman–Crippen LogP) is 4.64. The molecule has 26 heavy (non-hydrogen) atoms. The van der Waals surface area contributed by atoms with Crippen molar-refractivity contribution in [3.05, 3.63) is 83.6 Å². The van der Waals surface area contributed by atoms with Gasteiger partial charge in [-0.2, -0.15) is 0 Å². The highest BCUT2D eigenvalue weighted by atomic mass is 16.6. The minimum Gasteiger partial charge on any atom is -0.446 e. The Morgan fingerprint density at radius 3 is 1.96 bits per heavy atom. The second-order valence-electron chi connectivity index (χ2n) is 7.20. The number of cyclic esters (lactones) is 1. The first kappa shape index (κ1) is 16.9. The van der Waals surface area contributed by atoms with Gasteiger partial charge in [0, 0.05) is 36.8 Å². The number of likely N-dealkylation sites (tertiary alicyclic amines) is 1. The van der Waals surface area contributed by atoms with Gasteiger partial charge in [0.2, 0.25) is 0 Å². The molecule has 2 aromatic carbocycles. The Morgan fingerprint density at radius 2 is 1.42 bits per heavy atom. The fourth-order valence-electron chi connectivity index (χ4n) is 4.06. The van der Waals surface area contributed by atoms with Gasteiger partial charge in [0.25, 0.3) is 0 Å². The van der Waals surface area contributed by atoms with Gasteiger partial charge in [0.15, 0.2) is 5.60 Å². The zero-order valence-corrected chi connectivity index (χ0v) is 15.1. The van der Waals surface area contributed by atoms with Crippen LogP contribution < -0.4 is 0 Å². The summed E-state index contributed by atoms with van der Waals surface area (Å²) in [6.45, 7) is 2.08. The van der Waals surface area contributed by atoms with Crippen molar-refractivity contribution in [3.63, 3.8) is 0 Å². The van der Waals surface area contributed by atoms with Gasteiger partial charge < -0.3 is 9.64 Å². The second kappa shape index (κ2) is 7.36. The molecule has 0 aromatic heterocycles. The van der Waals surface area contributed by atoms with Crippen molar-refractivity contribution in [2.45, 2.75) is 37.7 Å². The summed E-state index contributed by atoms with van der Waals surface area (Å²) in [5.41, 5.74) is 2.18. The van der Waals surface area contributed by atoms with Gasteiger partial charge in [-0.3, -0.25) is 0 Å². The van der Waals surface area contributed by atoms with Crippen molar-refractivity contribution in [2.24, 2.45) is 0 Å². The summed E-state index contributed by atoms with van der Waals surface area (Å²) in [5.74, 6) is -0.186. The van der Waals surface area contributed by atoms with Crippen LogP contribution in [0.5, 0.6) is 0 Å². The summed E-state index contributed by atoms with van der Waals surface area (Å²) < 4.78 is 6.17. The molecule has 0 spiro atoms. The number of ether oxygens (including phenoxy) is 1. The van der Waals surface area contributed by atoms with E-state index in [0.717, 1.165) is 42.6 Å². The molecule has 4 rings (SSSR count). The van der Waals surface area contributed by atoms with Crippen molar-refractivity contribution < 1.29 is 9.53 Å². The van der Waals surface area contributed by atoms with E-state index in [1.165, 1.54) is 19.3 Å². The predicted molar refractivity (Wildman–Crippen MR) is 102 cm³/mol. The Labute approximate surface area is 155 Å². The Balaban J connectivity index is 1.65. The van der Waals surface area contributed by atoms with Crippen LogP contribution in [0.4, 0.5) is 0 Å². The maximum absolute atomic E-state index is 12.9. The third-order valence-electron chi connectivity index (χ3n) is 5.48. The Kier molecular flexibility index (Phi) is 4.79. The van der Waals surface area contributed by atoms with Crippen molar-refractivity contribution in [1.82, 2.24) is 4.90 Å². The normalized spacial score (nSPS) is 21.5. The molecule has 3 nitrogen and oxygen atoms in total. The van der Waals surface area contributed by atoms with Crippen LogP contribution in [0, 0.1) is 0 Å². The number of nitrogens with zero attached hydrogens (tertiary/aromatic N) is 1. The van der Waals surface area contributed by atoms with Crippen LogP contribution in [0.25, 0.3) is 0 Å². The molecule has 0 bridgehead atoms. The summed E-state index contributed by atoms with van der Waals surface area (Å²) in [7, 11) is 0. The molecule has 0 atom stereocenters. The number of hydrogen-bond donors (Lipinski definition) is 0. The van der Waals surface area contributed by atoms with E-state index in [2.05, 4.69) is 29.2 Å². The molecule has 134 valence electrons. The number of benzene rings is 2. The summed E-state index contributed by atoms with van der Waals surface area (Å²) in [4.78, 5) is 15.2. The van der Waals surface area contributed by atoms with E-state index in [9.17, 15) is 4.79 Å². The van der Waals surface area contributed by atoms with Gasteiger partial charge >= 0.3 is 5.97 Å². The molecular formula is C23H25NO2. The first-order valence-electron chi connectivity index (χ1n) is 9.57. The first-order chi connectivity index (χ1) is 12.8. The number of carbonyl (C=O) groups is 1. The van der Waals surface area contributed by atoms with Crippen LogP contribution >= 0.6 is 0 Å². The monoisotopic (exact) mass is 347 g/mol. The zero-order chi connectivity index (χ0) is 17.8. The fraction of sp³-hybridized carbons (Fsp3) is 0.348. The standard InChI is InChI=1S/C23H25NO2/c25-22-19(18-24-16-8-3-9-17-24)14-15-23(26-22,20-10-4-1-5-11-20)21-12-6-2-7-13-21/h1-2,4-7,10-13,18H,3,8-9,14-17H2/b19-18+. The average Bonchev–Trinajstić information content (AvgIpc) is 2.72. The van der Waals surface area contributed by atoms with Gasteiger partial charge in [-0.05, 0) is 25.7 Å². The van der Waals surface area contributed by atoms with Crippen molar-refractivity contribution in [1.29, 1.82) is 0 Å². The molecule has 0 amide bonds. The van der Waals surface area contributed by atoms with E-state index >= 15 is 0 Å².